The Bertz CT molecular complexity index is 674. The van der Waals surface area contributed by atoms with E-state index in [0.29, 0.717) is 12.2 Å². The number of anilines is 1. The van der Waals surface area contributed by atoms with Crippen molar-refractivity contribution in [2.75, 3.05) is 31.2 Å². The highest BCUT2D eigenvalue weighted by Crippen LogP contribution is 2.27. The lowest BCUT2D eigenvalue weighted by Crippen LogP contribution is -2.53. The summed E-state index contributed by atoms with van der Waals surface area (Å²) in [6.07, 6.45) is 2.03. The number of piperidine rings is 1. The van der Waals surface area contributed by atoms with E-state index in [1.165, 1.54) is 12.1 Å². The smallest absolute Gasteiger partial charge is 0.238 e. The third-order valence-electron chi connectivity index (χ3n) is 4.32. The molecule has 0 radical (unpaired) electrons. The van der Waals surface area contributed by atoms with Gasteiger partial charge in [0.15, 0.2) is 9.84 Å². The molecule has 1 atom stereocenters. The molecule has 0 spiro atoms. The maximum Gasteiger partial charge on any atom is 0.238 e. The van der Waals surface area contributed by atoms with E-state index >= 15 is 0 Å². The van der Waals surface area contributed by atoms with Gasteiger partial charge in [-0.3, -0.25) is 9.69 Å². The number of nitrogens with two attached hydrogens (primary N) is 1. The summed E-state index contributed by atoms with van der Waals surface area (Å²) in [6.45, 7) is 6.14. The Morgan fingerprint density at radius 3 is 2.42 bits per heavy atom. The Morgan fingerprint density at radius 1 is 1.33 bits per heavy atom. The minimum Gasteiger partial charge on any atom is -0.327 e. The van der Waals surface area contributed by atoms with E-state index in [0.717, 1.165) is 25.8 Å². The summed E-state index contributed by atoms with van der Waals surface area (Å²) >= 11 is 0. The number of rotatable bonds is 4. The molecule has 0 saturated carbocycles. The molecule has 3 N–H and O–H groups in total. The van der Waals surface area contributed by atoms with Gasteiger partial charge in [-0.2, -0.15) is 0 Å². The average Bonchev–Trinajstić information content (AvgIpc) is 2.42. The quantitative estimate of drug-likeness (QED) is 0.832. The molecule has 1 aromatic carbocycles. The fourth-order valence-corrected chi connectivity index (χ4v) is 3.44. The van der Waals surface area contributed by atoms with Crippen molar-refractivity contribution in [2.24, 2.45) is 11.1 Å². The lowest BCUT2D eigenvalue weighted by atomic mass is 9.80. The van der Waals surface area contributed by atoms with Gasteiger partial charge in [0.1, 0.15) is 0 Å². The van der Waals surface area contributed by atoms with Gasteiger partial charge in [0.05, 0.1) is 11.4 Å². The standard InChI is InChI=1S/C16H25N3O3S.ClH/c1-16(2)11-19(9-8-14(16)17)10-15(20)18-12-4-6-13(7-5-12)23(3,21)22;/h4-7,14H,8-11,17H2,1-3H3,(H,18,20);1H. The highest BCUT2D eigenvalue weighted by Gasteiger charge is 2.33. The number of carbonyl (C=O) groups excluding carboxylic acids is 1. The number of amides is 1. The second kappa shape index (κ2) is 7.82. The molecular weight excluding hydrogens is 350 g/mol. The molecule has 2 rings (SSSR count). The van der Waals surface area contributed by atoms with E-state index in [-0.39, 0.29) is 34.7 Å². The Hall–Kier alpha value is -1.15. The Morgan fingerprint density at radius 2 is 1.92 bits per heavy atom. The van der Waals surface area contributed by atoms with Gasteiger partial charge in [-0.15, -0.1) is 12.4 Å². The van der Waals surface area contributed by atoms with Crippen molar-refractivity contribution < 1.29 is 13.2 Å². The maximum atomic E-state index is 12.2. The van der Waals surface area contributed by atoms with E-state index in [1.807, 2.05) is 0 Å². The monoisotopic (exact) mass is 375 g/mol. The summed E-state index contributed by atoms with van der Waals surface area (Å²) in [5.41, 5.74) is 6.69. The largest absolute Gasteiger partial charge is 0.327 e. The second-order valence-corrected chi connectivity index (χ2v) is 8.95. The lowest BCUT2D eigenvalue weighted by Gasteiger charge is -2.42. The van der Waals surface area contributed by atoms with Gasteiger partial charge in [0.25, 0.3) is 0 Å². The maximum absolute atomic E-state index is 12.2. The molecule has 1 aromatic rings. The first-order valence-electron chi connectivity index (χ1n) is 7.66. The molecule has 1 heterocycles. The zero-order valence-electron chi connectivity index (χ0n) is 14.3. The van der Waals surface area contributed by atoms with Gasteiger partial charge < -0.3 is 11.1 Å². The number of hydrogen-bond donors (Lipinski definition) is 2. The number of benzene rings is 1. The van der Waals surface area contributed by atoms with Crippen molar-refractivity contribution in [3.63, 3.8) is 0 Å². The van der Waals surface area contributed by atoms with Gasteiger partial charge in [0, 0.05) is 31.1 Å². The van der Waals surface area contributed by atoms with E-state index < -0.39 is 9.84 Å². The van der Waals surface area contributed by atoms with Crippen LogP contribution >= 0.6 is 12.4 Å². The summed E-state index contributed by atoms with van der Waals surface area (Å²) < 4.78 is 22.8. The van der Waals surface area contributed by atoms with Crippen molar-refractivity contribution in [3.8, 4) is 0 Å². The average molecular weight is 376 g/mol. The minimum atomic E-state index is -3.22. The van der Waals surface area contributed by atoms with Crippen LogP contribution in [0.3, 0.4) is 0 Å². The summed E-state index contributed by atoms with van der Waals surface area (Å²) in [6, 6.07) is 6.35. The highest BCUT2D eigenvalue weighted by molar-refractivity contribution is 7.90. The van der Waals surface area contributed by atoms with Crippen LogP contribution in [-0.2, 0) is 14.6 Å². The van der Waals surface area contributed by atoms with Gasteiger partial charge in [-0.1, -0.05) is 13.8 Å². The third-order valence-corrected chi connectivity index (χ3v) is 5.45. The van der Waals surface area contributed by atoms with Crippen LogP contribution in [0.15, 0.2) is 29.2 Å². The number of hydrogen-bond acceptors (Lipinski definition) is 5. The molecule has 0 bridgehead atoms. The SMILES string of the molecule is CC1(C)CN(CC(=O)Nc2ccc(S(C)(=O)=O)cc2)CCC1N.Cl. The summed E-state index contributed by atoms with van der Waals surface area (Å²) in [5, 5.41) is 2.80. The van der Waals surface area contributed by atoms with Gasteiger partial charge in [-0.05, 0) is 36.1 Å². The van der Waals surface area contributed by atoms with Crippen molar-refractivity contribution in [3.05, 3.63) is 24.3 Å². The van der Waals surface area contributed by atoms with Gasteiger partial charge in [0.2, 0.25) is 5.91 Å². The Labute approximate surface area is 150 Å². The predicted octanol–water partition coefficient (Wildman–Crippen LogP) is 1.51. The molecule has 0 aromatic heterocycles. The van der Waals surface area contributed by atoms with Crippen LogP contribution in [0.2, 0.25) is 0 Å². The van der Waals surface area contributed by atoms with E-state index in [1.54, 1.807) is 12.1 Å². The number of likely N-dealkylation sites (tertiary alicyclic amines) is 1. The minimum absolute atomic E-state index is 0. The highest BCUT2D eigenvalue weighted by atomic mass is 35.5. The molecule has 1 aliphatic heterocycles. The van der Waals surface area contributed by atoms with Crippen LogP contribution in [0, 0.1) is 5.41 Å². The third kappa shape index (κ3) is 5.44. The molecule has 8 heteroatoms. The van der Waals surface area contributed by atoms with Crippen molar-refractivity contribution >= 4 is 33.8 Å². The summed E-state index contributed by atoms with van der Waals surface area (Å²) in [4.78, 5) is 14.5. The fraction of sp³-hybridized carbons (Fsp3) is 0.562. The predicted molar refractivity (Wildman–Crippen MR) is 98.2 cm³/mol. The number of halogens is 1. The molecule has 0 aliphatic carbocycles. The summed E-state index contributed by atoms with van der Waals surface area (Å²) in [5.74, 6) is -0.108. The molecule has 1 unspecified atom stereocenters. The van der Waals surface area contributed by atoms with Gasteiger partial charge >= 0.3 is 0 Å². The van der Waals surface area contributed by atoms with E-state index in [4.69, 9.17) is 5.73 Å². The number of sulfone groups is 1. The molecular formula is C16H26ClN3O3S. The van der Waals surface area contributed by atoms with Crippen LogP contribution < -0.4 is 11.1 Å². The van der Waals surface area contributed by atoms with E-state index in [2.05, 4.69) is 24.1 Å². The van der Waals surface area contributed by atoms with E-state index in [9.17, 15) is 13.2 Å². The van der Waals surface area contributed by atoms with Crippen molar-refractivity contribution in [2.45, 2.75) is 31.2 Å². The van der Waals surface area contributed by atoms with Crippen LogP contribution in [0.25, 0.3) is 0 Å². The molecule has 1 aliphatic rings. The fourth-order valence-electron chi connectivity index (χ4n) is 2.81. The number of nitrogens with one attached hydrogen (secondary N) is 1. The zero-order chi connectivity index (χ0) is 17.3. The molecule has 136 valence electrons. The first kappa shape index (κ1) is 20.9. The number of carbonyl (C=O) groups is 1. The van der Waals surface area contributed by atoms with Crippen LogP contribution in [0.5, 0.6) is 0 Å². The topological polar surface area (TPSA) is 92.5 Å². The van der Waals surface area contributed by atoms with Crippen LogP contribution in [0.1, 0.15) is 20.3 Å². The number of nitrogens with zero attached hydrogens (tertiary/aromatic N) is 1. The molecule has 1 amide bonds. The normalized spacial score (nSPS) is 20.9. The molecule has 1 saturated heterocycles. The Balaban J connectivity index is 0.00000288. The molecule has 1 fully saturated rings. The first-order valence-corrected chi connectivity index (χ1v) is 9.55. The van der Waals surface area contributed by atoms with Crippen molar-refractivity contribution in [1.29, 1.82) is 0 Å². The zero-order valence-corrected chi connectivity index (χ0v) is 15.9. The second-order valence-electron chi connectivity index (χ2n) is 6.94. The Kier molecular flexibility index (Phi) is 6.81. The van der Waals surface area contributed by atoms with Crippen molar-refractivity contribution in [1.82, 2.24) is 4.90 Å². The van der Waals surface area contributed by atoms with Crippen LogP contribution in [0.4, 0.5) is 5.69 Å². The molecule has 6 nitrogen and oxygen atoms in total. The van der Waals surface area contributed by atoms with Crippen LogP contribution in [-0.4, -0.2) is 51.2 Å². The van der Waals surface area contributed by atoms with Gasteiger partial charge in [-0.25, -0.2) is 8.42 Å². The first-order chi connectivity index (χ1) is 10.6. The summed E-state index contributed by atoms with van der Waals surface area (Å²) in [7, 11) is -3.22. The molecule has 24 heavy (non-hydrogen) atoms. The lowest BCUT2D eigenvalue weighted by molar-refractivity contribution is -0.118.